The van der Waals surface area contributed by atoms with Crippen LogP contribution in [0, 0.1) is 0 Å². The lowest BCUT2D eigenvalue weighted by Gasteiger charge is -2.04. The molecule has 1 heterocycles. The fourth-order valence-corrected chi connectivity index (χ4v) is 3.93. The van der Waals surface area contributed by atoms with Crippen LogP contribution in [0.2, 0.25) is 0 Å². The van der Waals surface area contributed by atoms with Crippen molar-refractivity contribution in [1.29, 1.82) is 0 Å². The van der Waals surface area contributed by atoms with E-state index in [1.54, 1.807) is 0 Å². The van der Waals surface area contributed by atoms with Crippen molar-refractivity contribution in [1.82, 2.24) is 0 Å². The van der Waals surface area contributed by atoms with E-state index >= 15 is 0 Å². The van der Waals surface area contributed by atoms with Crippen LogP contribution < -0.4 is 4.57 Å². The zero-order valence-electron chi connectivity index (χ0n) is 18.7. The van der Waals surface area contributed by atoms with Crippen molar-refractivity contribution in [2.45, 2.75) is 136 Å². The molecule has 1 rings (SSSR count). The first kappa shape index (κ1) is 24.2. The van der Waals surface area contributed by atoms with Crippen LogP contribution in [0.4, 0.5) is 0 Å². The highest BCUT2D eigenvalue weighted by atomic mass is 14.9. The molecule has 0 aromatic carbocycles. The number of aromatic nitrogens is 1. The van der Waals surface area contributed by atoms with Crippen LogP contribution in [0.25, 0.3) is 0 Å². The van der Waals surface area contributed by atoms with E-state index in [0.29, 0.717) is 0 Å². The molecule has 0 fully saturated rings. The number of hydrogen-bond acceptors (Lipinski definition) is 0. The van der Waals surface area contributed by atoms with Crippen molar-refractivity contribution in [3.8, 4) is 0 Å². The molecule has 0 radical (unpaired) electrons. The highest BCUT2D eigenvalue weighted by molar-refractivity contribution is 5.05. The molecule has 1 heteroatoms. The van der Waals surface area contributed by atoms with Crippen LogP contribution >= 0.6 is 0 Å². The third kappa shape index (κ3) is 14.8. The molecule has 1 aromatic rings. The monoisotopic (exact) mass is 374 g/mol. The van der Waals surface area contributed by atoms with Gasteiger partial charge < -0.3 is 0 Å². The number of hydrogen-bond donors (Lipinski definition) is 0. The van der Waals surface area contributed by atoms with Crippen LogP contribution in [0.15, 0.2) is 24.5 Å². The summed E-state index contributed by atoms with van der Waals surface area (Å²) in [6.45, 7) is 5.77. The number of nitrogens with zero attached hydrogens (tertiary/aromatic N) is 1. The van der Waals surface area contributed by atoms with Gasteiger partial charge in [-0.15, -0.1) is 0 Å². The molecule has 0 spiro atoms. The Labute approximate surface area is 171 Å². The molecule has 27 heavy (non-hydrogen) atoms. The van der Waals surface area contributed by atoms with Crippen molar-refractivity contribution in [3.63, 3.8) is 0 Å². The van der Waals surface area contributed by atoms with Crippen LogP contribution in [-0.4, -0.2) is 0 Å². The maximum Gasteiger partial charge on any atom is 0.171 e. The van der Waals surface area contributed by atoms with Gasteiger partial charge in [-0.1, -0.05) is 104 Å². The maximum atomic E-state index is 2.40. The summed E-state index contributed by atoms with van der Waals surface area (Å²) in [6, 6.07) is 4.55. The van der Waals surface area contributed by atoms with E-state index < -0.39 is 0 Å². The van der Waals surface area contributed by atoms with Gasteiger partial charge in [0.15, 0.2) is 12.4 Å². The Hall–Kier alpha value is -0.850. The van der Waals surface area contributed by atoms with E-state index in [2.05, 4.69) is 42.9 Å². The molecular weight excluding hydrogens is 326 g/mol. The molecule has 0 aliphatic carbocycles. The normalized spacial score (nSPS) is 11.2. The quantitative estimate of drug-likeness (QED) is 0.170. The summed E-state index contributed by atoms with van der Waals surface area (Å²) < 4.78 is 2.40. The Kier molecular flexibility index (Phi) is 16.6. The van der Waals surface area contributed by atoms with Gasteiger partial charge in [0.2, 0.25) is 0 Å². The van der Waals surface area contributed by atoms with Crippen molar-refractivity contribution >= 4 is 0 Å². The van der Waals surface area contributed by atoms with Crippen LogP contribution in [-0.2, 0) is 13.0 Å². The molecule has 0 aliphatic heterocycles. The lowest BCUT2D eigenvalue weighted by atomic mass is 10.0. The second-order valence-corrected chi connectivity index (χ2v) is 8.50. The molecule has 0 aliphatic rings. The van der Waals surface area contributed by atoms with Gasteiger partial charge in [-0.3, -0.25) is 0 Å². The summed E-state index contributed by atoms with van der Waals surface area (Å²) >= 11 is 0. The van der Waals surface area contributed by atoms with Gasteiger partial charge in [-0.25, -0.2) is 4.57 Å². The summed E-state index contributed by atoms with van der Waals surface area (Å²) in [5, 5.41) is 0. The second kappa shape index (κ2) is 18.5. The average Bonchev–Trinajstić information content (AvgIpc) is 2.69. The molecule has 0 N–H and O–H groups in total. The largest absolute Gasteiger partial charge is 0.205 e. The lowest BCUT2D eigenvalue weighted by molar-refractivity contribution is -0.697. The smallest absolute Gasteiger partial charge is 0.171 e. The first-order valence-corrected chi connectivity index (χ1v) is 12.3. The van der Waals surface area contributed by atoms with Crippen molar-refractivity contribution in [2.24, 2.45) is 0 Å². The lowest BCUT2D eigenvalue weighted by Crippen LogP contribution is -2.33. The summed E-state index contributed by atoms with van der Waals surface area (Å²) in [5.41, 5.74) is 1.53. The molecule has 0 unspecified atom stereocenters. The van der Waals surface area contributed by atoms with E-state index in [-0.39, 0.29) is 0 Å². The van der Waals surface area contributed by atoms with E-state index in [1.165, 1.54) is 128 Å². The van der Waals surface area contributed by atoms with E-state index in [9.17, 15) is 0 Å². The number of rotatable bonds is 19. The fourth-order valence-electron chi connectivity index (χ4n) is 3.93. The Morgan fingerprint density at radius 1 is 0.593 bits per heavy atom. The first-order valence-electron chi connectivity index (χ1n) is 12.3. The summed E-state index contributed by atoms with van der Waals surface area (Å²) in [6.07, 6.45) is 29.9. The molecule has 0 saturated heterocycles. The maximum absolute atomic E-state index is 2.40. The molecule has 0 amide bonds. The van der Waals surface area contributed by atoms with E-state index in [0.717, 1.165) is 0 Å². The zero-order valence-corrected chi connectivity index (χ0v) is 18.7. The SMILES string of the molecule is CCCCCCCCCCCCCCc1ccc[n+](CCCCCCC)c1. The predicted octanol–water partition coefficient (Wildman–Crippen LogP) is 8.19. The van der Waals surface area contributed by atoms with Crippen molar-refractivity contribution in [2.75, 3.05) is 0 Å². The Bertz CT molecular complexity index is 426. The van der Waals surface area contributed by atoms with Gasteiger partial charge in [0.1, 0.15) is 6.54 Å². The minimum absolute atomic E-state index is 1.19. The molecule has 1 nitrogen and oxygen atoms in total. The number of aryl methyl sites for hydroxylation is 2. The van der Waals surface area contributed by atoms with E-state index in [4.69, 9.17) is 0 Å². The van der Waals surface area contributed by atoms with Gasteiger partial charge in [0.25, 0.3) is 0 Å². The minimum Gasteiger partial charge on any atom is -0.205 e. The first-order chi connectivity index (χ1) is 13.4. The molecule has 0 atom stereocenters. The standard InChI is InChI=1S/C26H48N/c1-3-5-7-9-10-11-12-13-14-15-16-18-21-26-22-20-24-27(25-26)23-19-17-8-6-4-2/h20,22,24-25H,3-19,21,23H2,1-2H3/q+1. The van der Waals surface area contributed by atoms with Crippen LogP contribution in [0.5, 0.6) is 0 Å². The summed E-state index contributed by atoms with van der Waals surface area (Å²) in [4.78, 5) is 0. The molecule has 156 valence electrons. The zero-order chi connectivity index (χ0) is 19.4. The Morgan fingerprint density at radius 3 is 1.63 bits per heavy atom. The van der Waals surface area contributed by atoms with Gasteiger partial charge in [-0.2, -0.15) is 0 Å². The van der Waals surface area contributed by atoms with Crippen LogP contribution in [0.1, 0.15) is 129 Å². The van der Waals surface area contributed by atoms with Crippen molar-refractivity contribution < 1.29 is 4.57 Å². The minimum atomic E-state index is 1.19. The van der Waals surface area contributed by atoms with Gasteiger partial charge >= 0.3 is 0 Å². The fraction of sp³-hybridized carbons (Fsp3) is 0.808. The van der Waals surface area contributed by atoms with E-state index in [1.807, 2.05) is 0 Å². The molecule has 0 bridgehead atoms. The van der Waals surface area contributed by atoms with Crippen LogP contribution in [0.3, 0.4) is 0 Å². The highest BCUT2D eigenvalue weighted by Gasteiger charge is 2.03. The highest BCUT2D eigenvalue weighted by Crippen LogP contribution is 2.13. The predicted molar refractivity (Wildman–Crippen MR) is 120 cm³/mol. The molecular formula is C26H48N+. The summed E-state index contributed by atoms with van der Waals surface area (Å²) in [7, 11) is 0. The second-order valence-electron chi connectivity index (χ2n) is 8.50. The third-order valence-electron chi connectivity index (χ3n) is 5.76. The average molecular weight is 375 g/mol. The van der Waals surface area contributed by atoms with Gasteiger partial charge in [0.05, 0.1) is 0 Å². The molecule has 0 saturated carbocycles. The Morgan fingerprint density at radius 2 is 1.07 bits per heavy atom. The molecule has 1 aromatic heterocycles. The summed E-state index contributed by atoms with van der Waals surface area (Å²) in [5.74, 6) is 0. The Balaban J connectivity index is 1.96. The van der Waals surface area contributed by atoms with Gasteiger partial charge in [-0.05, 0) is 25.3 Å². The van der Waals surface area contributed by atoms with Crippen molar-refractivity contribution in [3.05, 3.63) is 30.1 Å². The van der Waals surface area contributed by atoms with Gasteiger partial charge in [0, 0.05) is 18.1 Å². The topological polar surface area (TPSA) is 3.88 Å². The number of pyridine rings is 1. The number of unbranched alkanes of at least 4 members (excludes halogenated alkanes) is 15. The third-order valence-corrected chi connectivity index (χ3v) is 5.76.